The van der Waals surface area contributed by atoms with Crippen molar-refractivity contribution < 1.29 is 8.42 Å². The maximum absolute atomic E-state index is 12.9. The van der Waals surface area contributed by atoms with Crippen LogP contribution >= 0.6 is 11.3 Å². The maximum Gasteiger partial charge on any atom is 0.243 e. The van der Waals surface area contributed by atoms with Gasteiger partial charge in [-0.25, -0.2) is 13.4 Å². The van der Waals surface area contributed by atoms with E-state index in [0.717, 1.165) is 49.6 Å². The molecular weight excluding hydrogens is 366 g/mol. The van der Waals surface area contributed by atoms with Crippen LogP contribution in [-0.4, -0.2) is 48.8 Å². The third-order valence-electron chi connectivity index (χ3n) is 4.72. The summed E-state index contributed by atoms with van der Waals surface area (Å²) in [6.45, 7) is 7.59. The van der Waals surface area contributed by atoms with E-state index >= 15 is 0 Å². The van der Waals surface area contributed by atoms with E-state index in [1.54, 1.807) is 27.8 Å². The summed E-state index contributed by atoms with van der Waals surface area (Å²) in [6.07, 6.45) is 3.01. The molecular formula is C19H27N3O2S2. The van der Waals surface area contributed by atoms with Gasteiger partial charge in [0.15, 0.2) is 0 Å². The van der Waals surface area contributed by atoms with E-state index in [4.69, 9.17) is 0 Å². The number of piperazine rings is 1. The minimum Gasteiger partial charge on any atom is -0.295 e. The van der Waals surface area contributed by atoms with Crippen molar-refractivity contribution in [1.29, 1.82) is 0 Å². The van der Waals surface area contributed by atoms with Crippen LogP contribution in [-0.2, 0) is 29.4 Å². The van der Waals surface area contributed by atoms with Crippen molar-refractivity contribution in [3.05, 3.63) is 45.9 Å². The van der Waals surface area contributed by atoms with Gasteiger partial charge >= 0.3 is 0 Å². The standard InChI is InChI=1S/C19H27N3O2S2/c1-3-5-16-6-8-18(9-7-16)26(23,24)22-12-10-21(11-13-22)14-17-15-25-19(4-2)20-17/h6-9,15H,3-5,10-14H2,1-2H3. The van der Waals surface area contributed by atoms with Gasteiger partial charge in [-0.2, -0.15) is 4.31 Å². The number of hydrogen-bond donors (Lipinski definition) is 0. The Morgan fingerprint density at radius 3 is 2.35 bits per heavy atom. The van der Waals surface area contributed by atoms with Crippen molar-refractivity contribution >= 4 is 21.4 Å². The predicted octanol–water partition coefficient (Wildman–Crippen LogP) is 3.16. The summed E-state index contributed by atoms with van der Waals surface area (Å²) in [5.41, 5.74) is 2.28. The smallest absolute Gasteiger partial charge is 0.243 e. The van der Waals surface area contributed by atoms with Crippen LogP contribution in [0.25, 0.3) is 0 Å². The first-order valence-corrected chi connectivity index (χ1v) is 11.6. The second-order valence-electron chi connectivity index (χ2n) is 6.66. The highest BCUT2D eigenvalue weighted by atomic mass is 32.2. The fraction of sp³-hybridized carbons (Fsp3) is 0.526. The van der Waals surface area contributed by atoms with E-state index in [9.17, 15) is 8.42 Å². The minimum absolute atomic E-state index is 0.401. The molecule has 0 saturated carbocycles. The molecule has 0 unspecified atom stereocenters. The number of sulfonamides is 1. The fourth-order valence-corrected chi connectivity index (χ4v) is 5.36. The third kappa shape index (κ3) is 4.52. The molecule has 1 aliphatic heterocycles. The Hall–Kier alpha value is -1.28. The average molecular weight is 394 g/mol. The highest BCUT2D eigenvalue weighted by molar-refractivity contribution is 7.89. The van der Waals surface area contributed by atoms with Crippen molar-refractivity contribution in [2.75, 3.05) is 26.2 Å². The number of aromatic nitrogens is 1. The van der Waals surface area contributed by atoms with Gasteiger partial charge in [-0.15, -0.1) is 11.3 Å². The van der Waals surface area contributed by atoms with Crippen LogP contribution in [0.4, 0.5) is 0 Å². The normalized spacial score (nSPS) is 16.8. The van der Waals surface area contributed by atoms with Crippen LogP contribution in [0.1, 0.15) is 36.5 Å². The van der Waals surface area contributed by atoms with Crippen molar-refractivity contribution in [2.45, 2.75) is 44.6 Å². The van der Waals surface area contributed by atoms with Gasteiger partial charge in [-0.05, 0) is 30.5 Å². The van der Waals surface area contributed by atoms with Crippen molar-refractivity contribution in [3.63, 3.8) is 0 Å². The summed E-state index contributed by atoms with van der Waals surface area (Å²) in [5.74, 6) is 0. The van der Waals surface area contributed by atoms with Gasteiger partial charge in [0, 0.05) is 38.1 Å². The molecule has 1 fully saturated rings. The monoisotopic (exact) mass is 393 g/mol. The predicted molar refractivity (Wildman–Crippen MR) is 106 cm³/mol. The number of thiazole rings is 1. The molecule has 0 spiro atoms. The first-order chi connectivity index (χ1) is 12.5. The highest BCUT2D eigenvalue weighted by Gasteiger charge is 2.28. The van der Waals surface area contributed by atoms with Crippen LogP contribution in [0.3, 0.4) is 0 Å². The van der Waals surface area contributed by atoms with Crippen molar-refractivity contribution in [2.24, 2.45) is 0 Å². The lowest BCUT2D eigenvalue weighted by molar-refractivity contribution is 0.180. The van der Waals surface area contributed by atoms with E-state index in [1.807, 2.05) is 12.1 Å². The van der Waals surface area contributed by atoms with Crippen LogP contribution in [0.5, 0.6) is 0 Å². The van der Waals surface area contributed by atoms with Crippen LogP contribution < -0.4 is 0 Å². The largest absolute Gasteiger partial charge is 0.295 e. The molecule has 1 aromatic heterocycles. The SMILES string of the molecule is CCCc1ccc(S(=O)(=O)N2CCN(Cc3csc(CC)n3)CC2)cc1. The van der Waals surface area contributed by atoms with Gasteiger partial charge in [-0.3, -0.25) is 4.90 Å². The molecule has 2 heterocycles. The summed E-state index contributed by atoms with van der Waals surface area (Å²) in [5, 5.41) is 3.27. The zero-order valence-corrected chi connectivity index (χ0v) is 17.2. The van der Waals surface area contributed by atoms with Gasteiger partial charge in [0.25, 0.3) is 0 Å². The lowest BCUT2D eigenvalue weighted by Crippen LogP contribution is -2.48. The second-order valence-corrected chi connectivity index (χ2v) is 9.54. The van der Waals surface area contributed by atoms with Crippen molar-refractivity contribution in [1.82, 2.24) is 14.2 Å². The minimum atomic E-state index is -3.40. The molecule has 1 aromatic carbocycles. The fourth-order valence-electron chi connectivity index (χ4n) is 3.21. The quantitative estimate of drug-likeness (QED) is 0.725. The van der Waals surface area contributed by atoms with Gasteiger partial charge in [0.2, 0.25) is 10.0 Å². The van der Waals surface area contributed by atoms with E-state index in [1.165, 1.54) is 5.56 Å². The first-order valence-electron chi connectivity index (χ1n) is 9.27. The number of nitrogens with zero attached hydrogens (tertiary/aromatic N) is 3. The van der Waals surface area contributed by atoms with E-state index in [-0.39, 0.29) is 0 Å². The molecule has 0 radical (unpaired) electrons. The first kappa shape index (κ1) is 19.5. The highest BCUT2D eigenvalue weighted by Crippen LogP contribution is 2.20. The molecule has 7 heteroatoms. The Morgan fingerprint density at radius 1 is 1.08 bits per heavy atom. The number of hydrogen-bond acceptors (Lipinski definition) is 5. The second kappa shape index (κ2) is 8.61. The Bertz CT molecular complexity index is 808. The zero-order valence-electron chi connectivity index (χ0n) is 15.5. The molecule has 0 atom stereocenters. The van der Waals surface area contributed by atoms with Gasteiger partial charge in [0.05, 0.1) is 15.6 Å². The summed E-state index contributed by atoms with van der Waals surface area (Å²) in [7, 11) is -3.40. The van der Waals surface area contributed by atoms with Crippen LogP contribution in [0, 0.1) is 0 Å². The molecule has 0 amide bonds. The molecule has 0 N–H and O–H groups in total. The van der Waals surface area contributed by atoms with Crippen LogP contribution in [0.15, 0.2) is 34.5 Å². The summed E-state index contributed by atoms with van der Waals surface area (Å²) >= 11 is 1.70. The number of aryl methyl sites for hydroxylation is 2. The van der Waals surface area contributed by atoms with E-state index in [0.29, 0.717) is 18.0 Å². The Labute approximate surface area is 160 Å². The summed E-state index contributed by atoms with van der Waals surface area (Å²) in [4.78, 5) is 7.29. The van der Waals surface area contributed by atoms with Gasteiger partial charge in [-0.1, -0.05) is 32.4 Å². The lowest BCUT2D eigenvalue weighted by Gasteiger charge is -2.33. The average Bonchev–Trinajstić information content (AvgIpc) is 3.10. The van der Waals surface area contributed by atoms with E-state index in [2.05, 4.69) is 29.1 Å². The third-order valence-corrected chi connectivity index (χ3v) is 7.67. The Balaban J connectivity index is 1.59. The van der Waals surface area contributed by atoms with Gasteiger partial charge in [0.1, 0.15) is 0 Å². The molecule has 1 saturated heterocycles. The molecule has 5 nitrogen and oxygen atoms in total. The Morgan fingerprint density at radius 2 is 1.77 bits per heavy atom. The molecule has 1 aliphatic rings. The zero-order chi connectivity index (χ0) is 18.6. The molecule has 0 aliphatic carbocycles. The maximum atomic E-state index is 12.9. The topological polar surface area (TPSA) is 53.5 Å². The van der Waals surface area contributed by atoms with E-state index < -0.39 is 10.0 Å². The number of rotatable bonds is 7. The summed E-state index contributed by atoms with van der Waals surface area (Å²) < 4.78 is 27.3. The Kier molecular flexibility index (Phi) is 6.45. The molecule has 3 rings (SSSR count). The summed E-state index contributed by atoms with van der Waals surface area (Å²) in [6, 6.07) is 7.35. The number of benzene rings is 1. The lowest BCUT2D eigenvalue weighted by atomic mass is 10.1. The van der Waals surface area contributed by atoms with Crippen LogP contribution in [0.2, 0.25) is 0 Å². The van der Waals surface area contributed by atoms with Crippen molar-refractivity contribution in [3.8, 4) is 0 Å². The molecule has 0 bridgehead atoms. The molecule has 2 aromatic rings. The van der Waals surface area contributed by atoms with Gasteiger partial charge < -0.3 is 0 Å². The molecule has 26 heavy (non-hydrogen) atoms. The molecule has 142 valence electrons.